The van der Waals surface area contributed by atoms with Crippen LogP contribution in [0.4, 0.5) is 10.1 Å². The van der Waals surface area contributed by atoms with E-state index in [1.165, 1.54) is 17.7 Å². The molecule has 0 aliphatic carbocycles. The lowest BCUT2D eigenvalue weighted by atomic mass is 10.1. The molecule has 0 amide bonds. The number of thiocarbonyl (C=S) groups is 1. The van der Waals surface area contributed by atoms with E-state index in [1.54, 1.807) is 19.2 Å². The topological polar surface area (TPSA) is 33.3 Å². The van der Waals surface area contributed by atoms with E-state index < -0.39 is 0 Å². The van der Waals surface area contributed by atoms with Crippen molar-refractivity contribution in [2.45, 2.75) is 12.8 Å². The van der Waals surface area contributed by atoms with Crippen molar-refractivity contribution in [1.29, 1.82) is 0 Å². The third-order valence-electron chi connectivity index (χ3n) is 3.17. The second-order valence-corrected chi connectivity index (χ2v) is 5.25. The molecule has 5 heteroatoms. The molecular formula is C17H19FN2OS. The van der Waals surface area contributed by atoms with Gasteiger partial charge >= 0.3 is 0 Å². The summed E-state index contributed by atoms with van der Waals surface area (Å²) < 4.78 is 18.2. The summed E-state index contributed by atoms with van der Waals surface area (Å²) >= 11 is 5.18. The summed E-state index contributed by atoms with van der Waals surface area (Å²) in [5.41, 5.74) is 1.90. The van der Waals surface area contributed by atoms with Gasteiger partial charge in [0.25, 0.3) is 0 Å². The summed E-state index contributed by atoms with van der Waals surface area (Å²) in [5.74, 6) is 0.578. The Hall–Kier alpha value is -2.14. The molecule has 0 bridgehead atoms. The smallest absolute Gasteiger partial charge is 0.170 e. The van der Waals surface area contributed by atoms with Gasteiger partial charge in [0.1, 0.15) is 11.6 Å². The number of aryl methyl sites for hydroxylation is 1. The van der Waals surface area contributed by atoms with E-state index in [9.17, 15) is 4.39 Å². The minimum Gasteiger partial charge on any atom is -0.497 e. The number of methoxy groups -OCH3 is 1. The van der Waals surface area contributed by atoms with Crippen molar-refractivity contribution in [3.05, 3.63) is 59.9 Å². The summed E-state index contributed by atoms with van der Waals surface area (Å²) in [6.45, 7) is 0.757. The average molecular weight is 318 g/mol. The molecule has 2 aromatic carbocycles. The Bertz CT molecular complexity index is 616. The third kappa shape index (κ3) is 5.33. The predicted molar refractivity (Wildman–Crippen MR) is 91.9 cm³/mol. The fourth-order valence-corrected chi connectivity index (χ4v) is 2.25. The first-order chi connectivity index (χ1) is 10.7. The monoisotopic (exact) mass is 318 g/mol. The highest BCUT2D eigenvalue weighted by Crippen LogP contribution is 2.12. The lowest BCUT2D eigenvalue weighted by molar-refractivity contribution is 0.414. The molecule has 2 N–H and O–H groups in total. The van der Waals surface area contributed by atoms with Crippen molar-refractivity contribution in [2.24, 2.45) is 0 Å². The molecule has 0 radical (unpaired) electrons. The van der Waals surface area contributed by atoms with Crippen molar-refractivity contribution < 1.29 is 9.13 Å². The van der Waals surface area contributed by atoms with Crippen LogP contribution in [0.3, 0.4) is 0 Å². The van der Waals surface area contributed by atoms with Crippen molar-refractivity contribution in [2.75, 3.05) is 19.0 Å². The van der Waals surface area contributed by atoms with Gasteiger partial charge in [0, 0.05) is 12.2 Å². The Labute approximate surface area is 135 Å². The highest BCUT2D eigenvalue weighted by molar-refractivity contribution is 7.80. The molecule has 0 saturated carbocycles. The molecule has 0 spiro atoms. The Balaban J connectivity index is 1.68. The van der Waals surface area contributed by atoms with Crippen LogP contribution in [-0.2, 0) is 6.42 Å². The number of hydrogen-bond acceptors (Lipinski definition) is 2. The van der Waals surface area contributed by atoms with Crippen molar-refractivity contribution in [3.63, 3.8) is 0 Å². The summed E-state index contributed by atoms with van der Waals surface area (Å²) in [6, 6.07) is 14.3. The zero-order valence-corrected chi connectivity index (χ0v) is 13.3. The molecule has 0 aromatic heterocycles. The fourth-order valence-electron chi connectivity index (χ4n) is 2.03. The van der Waals surface area contributed by atoms with E-state index in [0.29, 0.717) is 10.8 Å². The quantitative estimate of drug-likeness (QED) is 0.628. The minimum absolute atomic E-state index is 0.285. The van der Waals surface area contributed by atoms with Crippen LogP contribution in [0.25, 0.3) is 0 Å². The second kappa shape index (κ2) is 8.34. The highest BCUT2D eigenvalue weighted by Gasteiger charge is 1.99. The van der Waals surface area contributed by atoms with Crippen LogP contribution in [0.15, 0.2) is 48.5 Å². The number of benzene rings is 2. The van der Waals surface area contributed by atoms with Crippen LogP contribution >= 0.6 is 12.2 Å². The maximum absolute atomic E-state index is 13.1. The molecule has 0 unspecified atom stereocenters. The highest BCUT2D eigenvalue weighted by atomic mass is 32.1. The molecule has 0 aliphatic rings. The van der Waals surface area contributed by atoms with Crippen molar-refractivity contribution in [1.82, 2.24) is 5.32 Å². The molecule has 0 atom stereocenters. The molecule has 2 rings (SSSR count). The van der Waals surface area contributed by atoms with E-state index >= 15 is 0 Å². The summed E-state index contributed by atoms with van der Waals surface area (Å²) in [4.78, 5) is 0. The Morgan fingerprint density at radius 1 is 1.18 bits per heavy atom. The van der Waals surface area contributed by atoms with E-state index in [4.69, 9.17) is 17.0 Å². The van der Waals surface area contributed by atoms with E-state index in [2.05, 4.69) is 22.8 Å². The van der Waals surface area contributed by atoms with Gasteiger partial charge in [0.15, 0.2) is 5.11 Å². The first kappa shape index (κ1) is 16.2. The van der Waals surface area contributed by atoms with Gasteiger partial charge in [0.2, 0.25) is 0 Å². The minimum atomic E-state index is -0.285. The molecule has 0 aliphatic heterocycles. The molecule has 3 nitrogen and oxygen atoms in total. The average Bonchev–Trinajstić information content (AvgIpc) is 2.52. The molecule has 2 aromatic rings. The van der Waals surface area contributed by atoms with Crippen LogP contribution in [0.2, 0.25) is 0 Å². The van der Waals surface area contributed by atoms with Gasteiger partial charge in [0.05, 0.1) is 7.11 Å². The fraction of sp³-hybridized carbons (Fsp3) is 0.235. The standard InChI is InChI=1S/C17H19FN2OS/c1-21-16-9-7-13(8-10-16)4-3-11-19-17(22)20-15-6-2-5-14(18)12-15/h2,5-10,12H,3-4,11H2,1H3,(H2,19,20,22). The summed E-state index contributed by atoms with van der Waals surface area (Å²) in [5, 5.41) is 6.58. The number of rotatable bonds is 6. The Kier molecular flexibility index (Phi) is 6.15. The van der Waals surface area contributed by atoms with Crippen LogP contribution in [0.5, 0.6) is 5.75 Å². The summed E-state index contributed by atoms with van der Waals surface area (Å²) in [7, 11) is 1.66. The number of nitrogens with one attached hydrogen (secondary N) is 2. The van der Waals surface area contributed by atoms with Crippen molar-refractivity contribution >= 4 is 23.0 Å². The summed E-state index contributed by atoms with van der Waals surface area (Å²) in [6.07, 6.45) is 1.91. The zero-order valence-electron chi connectivity index (χ0n) is 12.4. The first-order valence-corrected chi connectivity index (χ1v) is 7.51. The lowest BCUT2D eigenvalue weighted by Crippen LogP contribution is -2.29. The first-order valence-electron chi connectivity index (χ1n) is 7.11. The largest absolute Gasteiger partial charge is 0.497 e. The van der Waals surface area contributed by atoms with Gasteiger partial charge in [-0.3, -0.25) is 0 Å². The van der Waals surface area contributed by atoms with Crippen LogP contribution in [-0.4, -0.2) is 18.8 Å². The molecule has 0 saturated heterocycles. The van der Waals surface area contributed by atoms with E-state index in [1.807, 2.05) is 12.1 Å². The SMILES string of the molecule is COc1ccc(CCCNC(=S)Nc2cccc(F)c2)cc1. The molecule has 0 fully saturated rings. The van der Waals surface area contributed by atoms with Crippen LogP contribution in [0.1, 0.15) is 12.0 Å². The molecular weight excluding hydrogens is 299 g/mol. The lowest BCUT2D eigenvalue weighted by Gasteiger charge is -2.10. The van der Waals surface area contributed by atoms with Crippen LogP contribution in [0, 0.1) is 5.82 Å². The third-order valence-corrected chi connectivity index (χ3v) is 3.42. The van der Waals surface area contributed by atoms with Gasteiger partial charge in [-0.15, -0.1) is 0 Å². The molecule has 22 heavy (non-hydrogen) atoms. The normalized spacial score (nSPS) is 10.1. The van der Waals surface area contributed by atoms with Crippen LogP contribution < -0.4 is 15.4 Å². The van der Waals surface area contributed by atoms with Gasteiger partial charge in [-0.05, 0) is 61.0 Å². The maximum Gasteiger partial charge on any atom is 0.170 e. The molecule has 0 heterocycles. The van der Waals surface area contributed by atoms with Gasteiger partial charge in [-0.2, -0.15) is 0 Å². The van der Waals surface area contributed by atoms with Gasteiger partial charge in [-0.25, -0.2) is 4.39 Å². The Morgan fingerprint density at radius 2 is 1.95 bits per heavy atom. The number of halogens is 1. The number of anilines is 1. The Morgan fingerprint density at radius 3 is 2.64 bits per heavy atom. The zero-order chi connectivity index (χ0) is 15.8. The van der Waals surface area contributed by atoms with Crippen molar-refractivity contribution in [3.8, 4) is 5.75 Å². The van der Waals surface area contributed by atoms with Gasteiger partial charge in [-0.1, -0.05) is 18.2 Å². The number of ether oxygens (including phenoxy) is 1. The number of hydrogen-bond donors (Lipinski definition) is 2. The van der Waals surface area contributed by atoms with E-state index in [-0.39, 0.29) is 5.82 Å². The predicted octanol–water partition coefficient (Wildman–Crippen LogP) is 3.75. The second-order valence-electron chi connectivity index (χ2n) is 4.84. The maximum atomic E-state index is 13.1. The molecule has 116 valence electrons. The van der Waals surface area contributed by atoms with Gasteiger partial charge < -0.3 is 15.4 Å². The van der Waals surface area contributed by atoms with E-state index in [0.717, 1.165) is 25.1 Å².